The standard InChI is InChI=1S/C31H26ClF4N7O/c32-23-5-4-20(24(33)13-23)17-44-27-3-1-2-25(39-27)19-6-10-43(11-7-19)16-26-21(14-30(18-37)8-9-30)12-22(15-38-26)28-40-29(42-41-28)31(34,35)36/h1-6,12-13,15H,7-11,14,16-17H2,(H,40,41,42). The van der Waals surface area contributed by atoms with Crippen LogP contribution in [0.15, 0.2) is 54.7 Å². The van der Waals surface area contributed by atoms with Gasteiger partial charge in [0.1, 0.15) is 12.4 Å². The number of halogens is 5. The van der Waals surface area contributed by atoms with Crippen LogP contribution in [-0.4, -0.2) is 43.1 Å². The Hall–Kier alpha value is -4.34. The van der Waals surface area contributed by atoms with E-state index in [4.69, 9.17) is 16.3 Å². The lowest BCUT2D eigenvalue weighted by Crippen LogP contribution is -2.29. The van der Waals surface area contributed by atoms with Gasteiger partial charge in [-0.3, -0.25) is 9.88 Å². The Morgan fingerprint density at radius 3 is 2.64 bits per heavy atom. The van der Waals surface area contributed by atoms with E-state index in [1.54, 1.807) is 24.3 Å². The Kier molecular flexibility index (Phi) is 8.09. The van der Waals surface area contributed by atoms with Crippen molar-refractivity contribution in [3.63, 3.8) is 0 Å². The summed E-state index contributed by atoms with van der Waals surface area (Å²) in [6, 6.07) is 14.0. The normalized spacial score (nSPS) is 16.3. The van der Waals surface area contributed by atoms with Crippen molar-refractivity contribution >= 4 is 17.2 Å². The third kappa shape index (κ3) is 6.74. The molecule has 1 saturated carbocycles. The molecule has 4 aromatic rings. The van der Waals surface area contributed by atoms with Gasteiger partial charge in [0, 0.05) is 48.0 Å². The average Bonchev–Trinajstić information content (AvgIpc) is 3.59. The van der Waals surface area contributed by atoms with Crippen molar-refractivity contribution in [2.75, 3.05) is 13.1 Å². The van der Waals surface area contributed by atoms with Gasteiger partial charge in [-0.15, -0.1) is 10.2 Å². The van der Waals surface area contributed by atoms with Gasteiger partial charge in [-0.2, -0.15) is 18.4 Å². The number of hydrogen-bond donors (Lipinski definition) is 1. The Balaban J connectivity index is 1.15. The third-order valence-electron chi connectivity index (χ3n) is 7.82. The minimum absolute atomic E-state index is 0.0212. The van der Waals surface area contributed by atoms with Crippen LogP contribution in [0.5, 0.6) is 5.88 Å². The Morgan fingerprint density at radius 1 is 1.11 bits per heavy atom. The van der Waals surface area contributed by atoms with Crippen molar-refractivity contribution in [3.8, 4) is 23.3 Å². The second-order valence-electron chi connectivity index (χ2n) is 11.0. The lowest BCUT2D eigenvalue weighted by molar-refractivity contribution is -0.144. The summed E-state index contributed by atoms with van der Waals surface area (Å²) < 4.78 is 59.0. The van der Waals surface area contributed by atoms with E-state index in [-0.39, 0.29) is 12.4 Å². The molecule has 0 radical (unpaired) electrons. The number of H-pyrrole nitrogens is 1. The molecule has 13 heteroatoms. The number of nitrogens with one attached hydrogen (secondary N) is 1. The fourth-order valence-electron chi connectivity index (χ4n) is 5.09. The molecule has 6 rings (SSSR count). The van der Waals surface area contributed by atoms with Gasteiger partial charge in [-0.1, -0.05) is 29.8 Å². The number of benzene rings is 1. The number of aromatic nitrogens is 5. The molecular weight excluding hydrogens is 598 g/mol. The fourth-order valence-corrected chi connectivity index (χ4v) is 5.25. The number of aromatic amines is 1. The second kappa shape index (κ2) is 12.0. The van der Waals surface area contributed by atoms with Crippen LogP contribution in [0.1, 0.15) is 47.6 Å². The maximum atomic E-state index is 14.1. The van der Waals surface area contributed by atoms with Gasteiger partial charge in [0.15, 0.2) is 5.82 Å². The van der Waals surface area contributed by atoms with Crippen molar-refractivity contribution in [2.24, 2.45) is 5.41 Å². The molecule has 44 heavy (non-hydrogen) atoms. The van der Waals surface area contributed by atoms with Crippen LogP contribution in [0.3, 0.4) is 0 Å². The van der Waals surface area contributed by atoms with Gasteiger partial charge in [-0.05, 0) is 61.1 Å². The van der Waals surface area contributed by atoms with Crippen molar-refractivity contribution in [2.45, 2.75) is 45.0 Å². The fraction of sp³-hybridized carbons (Fsp3) is 0.323. The van der Waals surface area contributed by atoms with E-state index < -0.39 is 23.2 Å². The summed E-state index contributed by atoms with van der Waals surface area (Å²) in [6.07, 6.45) is 1.67. The van der Waals surface area contributed by atoms with Crippen molar-refractivity contribution in [3.05, 3.63) is 93.9 Å². The quantitative estimate of drug-likeness (QED) is 0.205. The zero-order valence-corrected chi connectivity index (χ0v) is 24.1. The largest absolute Gasteiger partial charge is 0.473 e. The molecular formula is C31H26ClF4N7O. The minimum atomic E-state index is -4.64. The van der Waals surface area contributed by atoms with Gasteiger partial charge in [0.25, 0.3) is 0 Å². The summed E-state index contributed by atoms with van der Waals surface area (Å²) in [5.74, 6) is -1.26. The van der Waals surface area contributed by atoms with Crippen LogP contribution < -0.4 is 4.74 Å². The molecule has 0 spiro atoms. The first-order chi connectivity index (χ1) is 21.1. The zero-order chi connectivity index (χ0) is 30.9. The molecule has 0 atom stereocenters. The number of hydrogen-bond acceptors (Lipinski definition) is 7. The topological polar surface area (TPSA) is 104 Å². The molecule has 1 N–H and O–H groups in total. The number of ether oxygens (including phenoxy) is 1. The highest BCUT2D eigenvalue weighted by Crippen LogP contribution is 2.48. The molecule has 1 aromatic carbocycles. The van der Waals surface area contributed by atoms with E-state index in [1.807, 2.05) is 12.1 Å². The molecule has 8 nitrogen and oxygen atoms in total. The SMILES string of the molecule is N#CC1(Cc2cc(-c3nnc(C(F)(F)F)[nH]3)cnc2CN2CC=C(c3cccc(OCc4ccc(Cl)cc4F)n3)CC2)CC1. The number of rotatable bonds is 9. The highest BCUT2D eigenvalue weighted by Gasteiger charge is 2.43. The average molecular weight is 624 g/mol. The molecule has 0 unspecified atom stereocenters. The minimum Gasteiger partial charge on any atom is -0.473 e. The summed E-state index contributed by atoms with van der Waals surface area (Å²) >= 11 is 5.83. The van der Waals surface area contributed by atoms with Crippen molar-refractivity contribution in [1.82, 2.24) is 30.0 Å². The second-order valence-corrected chi connectivity index (χ2v) is 11.5. The van der Waals surface area contributed by atoms with E-state index in [0.717, 1.165) is 48.3 Å². The maximum absolute atomic E-state index is 14.1. The molecule has 1 aliphatic heterocycles. The first kappa shape index (κ1) is 29.7. The molecule has 0 amide bonds. The predicted octanol–water partition coefficient (Wildman–Crippen LogP) is 6.79. The Morgan fingerprint density at radius 2 is 1.95 bits per heavy atom. The number of nitriles is 1. The third-order valence-corrected chi connectivity index (χ3v) is 8.05. The Labute approximate surface area is 255 Å². The molecule has 0 bridgehead atoms. The van der Waals surface area contributed by atoms with E-state index >= 15 is 0 Å². The number of alkyl halides is 3. The Bertz CT molecular complexity index is 1760. The monoisotopic (exact) mass is 623 g/mol. The van der Waals surface area contributed by atoms with Crippen molar-refractivity contribution in [1.29, 1.82) is 5.26 Å². The van der Waals surface area contributed by atoms with E-state index in [9.17, 15) is 22.8 Å². The highest BCUT2D eigenvalue weighted by atomic mass is 35.5. The first-order valence-electron chi connectivity index (χ1n) is 14.0. The van der Waals surface area contributed by atoms with Gasteiger partial charge in [0.2, 0.25) is 11.7 Å². The lowest BCUT2D eigenvalue weighted by Gasteiger charge is -2.27. The summed E-state index contributed by atoms with van der Waals surface area (Å²) in [7, 11) is 0. The molecule has 226 valence electrons. The molecule has 3 aromatic heterocycles. The van der Waals surface area contributed by atoms with Gasteiger partial charge < -0.3 is 9.72 Å². The van der Waals surface area contributed by atoms with Gasteiger partial charge >= 0.3 is 6.18 Å². The van der Waals surface area contributed by atoms with E-state index in [2.05, 4.69) is 42.2 Å². The summed E-state index contributed by atoms with van der Waals surface area (Å²) in [5, 5.41) is 16.9. The van der Waals surface area contributed by atoms with Gasteiger partial charge in [-0.25, -0.2) is 9.37 Å². The van der Waals surface area contributed by atoms with Crippen LogP contribution in [0.25, 0.3) is 17.0 Å². The smallest absolute Gasteiger partial charge is 0.451 e. The molecule has 1 aliphatic carbocycles. The number of nitrogens with zero attached hydrogens (tertiary/aromatic N) is 6. The molecule has 4 heterocycles. The molecule has 1 fully saturated rings. The van der Waals surface area contributed by atoms with E-state index in [1.165, 1.54) is 12.3 Å². The molecule has 0 saturated heterocycles. The van der Waals surface area contributed by atoms with Crippen LogP contribution in [0.4, 0.5) is 17.6 Å². The number of pyridine rings is 2. The van der Waals surface area contributed by atoms with Crippen LogP contribution in [0, 0.1) is 22.6 Å². The lowest BCUT2D eigenvalue weighted by atomic mass is 9.95. The summed E-state index contributed by atoms with van der Waals surface area (Å²) in [6.45, 7) is 1.88. The maximum Gasteiger partial charge on any atom is 0.451 e. The molecule has 2 aliphatic rings. The highest BCUT2D eigenvalue weighted by molar-refractivity contribution is 6.30. The van der Waals surface area contributed by atoms with Crippen molar-refractivity contribution < 1.29 is 22.3 Å². The van der Waals surface area contributed by atoms with Crippen LogP contribution in [-0.2, 0) is 25.7 Å². The van der Waals surface area contributed by atoms with E-state index in [0.29, 0.717) is 41.5 Å². The summed E-state index contributed by atoms with van der Waals surface area (Å²) in [4.78, 5) is 13.7. The van der Waals surface area contributed by atoms with Crippen LogP contribution in [0.2, 0.25) is 5.02 Å². The summed E-state index contributed by atoms with van der Waals surface area (Å²) in [5.41, 5.74) is 3.70. The van der Waals surface area contributed by atoms with Crippen LogP contribution >= 0.6 is 11.6 Å². The predicted molar refractivity (Wildman–Crippen MR) is 153 cm³/mol. The first-order valence-corrected chi connectivity index (χ1v) is 14.3. The zero-order valence-electron chi connectivity index (χ0n) is 23.3. The van der Waals surface area contributed by atoms with Gasteiger partial charge in [0.05, 0.1) is 22.9 Å².